The number of carbonyl (C=O) groups excluding carboxylic acids is 1. The first-order valence-corrected chi connectivity index (χ1v) is 14.3. The molecule has 1 aliphatic rings. The summed E-state index contributed by atoms with van der Waals surface area (Å²) >= 11 is 6.10. The van der Waals surface area contributed by atoms with Crippen molar-refractivity contribution < 1.29 is 13.9 Å². The summed E-state index contributed by atoms with van der Waals surface area (Å²) in [5.41, 5.74) is 2.20. The van der Waals surface area contributed by atoms with Crippen molar-refractivity contribution >= 4 is 17.6 Å². The van der Waals surface area contributed by atoms with Gasteiger partial charge in [0.05, 0.1) is 0 Å². The molecule has 3 nitrogen and oxygen atoms in total. The smallest absolute Gasteiger partial charge is 0.306 e. The molecule has 3 rings (SSSR count). The zero-order valence-corrected chi connectivity index (χ0v) is 22.7. The summed E-state index contributed by atoms with van der Waals surface area (Å²) in [5.74, 6) is 0.316. The highest BCUT2D eigenvalue weighted by molar-refractivity contribution is 6.30. The van der Waals surface area contributed by atoms with Crippen LogP contribution >= 0.6 is 11.6 Å². The van der Waals surface area contributed by atoms with Gasteiger partial charge in [0.25, 0.3) is 0 Å². The Morgan fingerprint density at radius 1 is 0.944 bits per heavy atom. The summed E-state index contributed by atoms with van der Waals surface area (Å²) < 4.78 is 19.2. The number of ether oxygens (including phenoxy) is 1. The molecule has 2 aromatic rings. The Labute approximate surface area is 222 Å². The summed E-state index contributed by atoms with van der Waals surface area (Å²) in [4.78, 5) is 15.1. The molecule has 1 saturated heterocycles. The predicted molar refractivity (Wildman–Crippen MR) is 147 cm³/mol. The maximum absolute atomic E-state index is 13.2. The van der Waals surface area contributed by atoms with Gasteiger partial charge in [0.2, 0.25) is 0 Å². The van der Waals surface area contributed by atoms with Crippen molar-refractivity contribution in [1.29, 1.82) is 0 Å². The van der Waals surface area contributed by atoms with Gasteiger partial charge in [-0.15, -0.1) is 0 Å². The first-order valence-electron chi connectivity index (χ1n) is 13.9. The molecule has 0 amide bonds. The summed E-state index contributed by atoms with van der Waals surface area (Å²) in [6, 6.07) is 14.5. The van der Waals surface area contributed by atoms with Gasteiger partial charge in [0.15, 0.2) is 0 Å². The molecule has 36 heavy (non-hydrogen) atoms. The van der Waals surface area contributed by atoms with Gasteiger partial charge in [-0.2, -0.15) is 0 Å². The van der Waals surface area contributed by atoms with Crippen LogP contribution < -0.4 is 0 Å². The van der Waals surface area contributed by atoms with Gasteiger partial charge in [-0.1, -0.05) is 87.7 Å². The molecule has 1 unspecified atom stereocenters. The molecule has 0 aromatic heterocycles. The third kappa shape index (κ3) is 10.6. The van der Waals surface area contributed by atoms with E-state index in [1.54, 1.807) is 12.1 Å². The normalized spacial score (nSPS) is 15.6. The van der Waals surface area contributed by atoms with Crippen molar-refractivity contribution in [2.24, 2.45) is 5.92 Å². The molecule has 2 aromatic carbocycles. The lowest BCUT2D eigenvalue weighted by molar-refractivity contribution is -0.150. The molecule has 0 bridgehead atoms. The Balaban J connectivity index is 1.44. The minimum absolute atomic E-state index is 0.105. The minimum Gasteiger partial charge on any atom is -0.456 e. The molecular weight excluding hydrogens is 473 g/mol. The van der Waals surface area contributed by atoms with Crippen LogP contribution in [0.2, 0.25) is 5.02 Å². The highest BCUT2D eigenvalue weighted by Crippen LogP contribution is 2.27. The van der Waals surface area contributed by atoms with E-state index >= 15 is 0 Å². The number of hydrogen-bond donors (Lipinski definition) is 0. The molecule has 1 atom stereocenters. The first kappa shape index (κ1) is 28.7. The number of esters is 1. The molecule has 0 saturated carbocycles. The first-order chi connectivity index (χ1) is 17.5. The van der Waals surface area contributed by atoms with Crippen LogP contribution in [0, 0.1) is 11.7 Å². The predicted octanol–water partition coefficient (Wildman–Crippen LogP) is 8.55. The number of hydrogen-bond acceptors (Lipinski definition) is 3. The summed E-state index contributed by atoms with van der Waals surface area (Å²) in [6.45, 7) is 4.90. The van der Waals surface area contributed by atoms with E-state index in [4.69, 9.17) is 16.3 Å². The third-order valence-electron chi connectivity index (χ3n) is 7.32. The summed E-state index contributed by atoms with van der Waals surface area (Å²) in [6.07, 6.45) is 13.1. The molecule has 1 heterocycles. The number of unbranched alkanes of at least 4 members (excludes halogenated alkanes) is 7. The Morgan fingerprint density at radius 3 is 2.19 bits per heavy atom. The number of benzene rings is 2. The molecule has 5 heteroatoms. The second-order valence-electron chi connectivity index (χ2n) is 10.3. The van der Waals surface area contributed by atoms with Gasteiger partial charge >= 0.3 is 5.97 Å². The standard InChI is InChI=1S/C31H43ClFNO2/c1-2-3-4-5-6-7-8-9-10-31(35)36-30(27-13-15-28(32)16-14-27)24-34-21-19-26(20-22-34)23-25-11-17-29(33)18-12-25/h11-18,26,30H,2-10,19-24H2,1H3. The van der Waals surface area contributed by atoms with Crippen LogP contribution in [0.4, 0.5) is 4.39 Å². The van der Waals surface area contributed by atoms with Crippen molar-refractivity contribution in [3.63, 3.8) is 0 Å². The molecule has 0 spiro atoms. The molecule has 1 aliphatic heterocycles. The zero-order valence-electron chi connectivity index (χ0n) is 21.9. The minimum atomic E-state index is -0.280. The van der Waals surface area contributed by atoms with E-state index in [0.717, 1.165) is 50.8 Å². The molecule has 0 radical (unpaired) electrons. The van der Waals surface area contributed by atoms with Gasteiger partial charge in [-0.3, -0.25) is 9.69 Å². The highest BCUT2D eigenvalue weighted by atomic mass is 35.5. The zero-order chi connectivity index (χ0) is 25.6. The van der Waals surface area contributed by atoms with Crippen molar-refractivity contribution in [1.82, 2.24) is 4.90 Å². The molecule has 0 aliphatic carbocycles. The number of halogens is 2. The maximum Gasteiger partial charge on any atom is 0.306 e. The van der Waals surface area contributed by atoms with E-state index in [9.17, 15) is 9.18 Å². The van der Waals surface area contributed by atoms with Gasteiger partial charge in [0.1, 0.15) is 11.9 Å². The summed E-state index contributed by atoms with van der Waals surface area (Å²) in [5, 5.41) is 0.685. The van der Waals surface area contributed by atoms with E-state index < -0.39 is 0 Å². The van der Waals surface area contributed by atoms with Crippen LogP contribution in [0.15, 0.2) is 48.5 Å². The molecule has 198 valence electrons. The quantitative estimate of drug-likeness (QED) is 0.176. The summed E-state index contributed by atoms with van der Waals surface area (Å²) in [7, 11) is 0. The van der Waals surface area contributed by atoms with Crippen LogP contribution in [0.25, 0.3) is 0 Å². The number of nitrogens with zero attached hydrogens (tertiary/aromatic N) is 1. The van der Waals surface area contributed by atoms with E-state index in [-0.39, 0.29) is 17.9 Å². The third-order valence-corrected chi connectivity index (χ3v) is 7.57. The lowest BCUT2D eigenvalue weighted by Crippen LogP contribution is -2.38. The van der Waals surface area contributed by atoms with E-state index in [1.165, 1.54) is 44.1 Å². The second-order valence-corrected chi connectivity index (χ2v) is 10.8. The SMILES string of the molecule is CCCCCCCCCCC(=O)OC(CN1CCC(Cc2ccc(F)cc2)CC1)c1ccc(Cl)cc1. The van der Waals surface area contributed by atoms with Gasteiger partial charge in [0, 0.05) is 18.0 Å². The van der Waals surface area contributed by atoms with Crippen LogP contribution in [0.1, 0.15) is 94.8 Å². The number of piperidine rings is 1. The fourth-order valence-corrected chi connectivity index (χ4v) is 5.20. The maximum atomic E-state index is 13.2. The van der Waals surface area contributed by atoms with Crippen LogP contribution in [-0.4, -0.2) is 30.5 Å². The average molecular weight is 516 g/mol. The molecule has 1 fully saturated rings. The fourth-order valence-electron chi connectivity index (χ4n) is 5.07. The Morgan fingerprint density at radius 2 is 1.56 bits per heavy atom. The van der Waals surface area contributed by atoms with Crippen LogP contribution in [-0.2, 0) is 16.0 Å². The second kappa shape index (κ2) is 16.0. The Hall–Kier alpha value is -1.91. The van der Waals surface area contributed by atoms with Gasteiger partial charge < -0.3 is 4.74 Å². The number of likely N-dealkylation sites (tertiary alicyclic amines) is 1. The molecular formula is C31H43ClFNO2. The molecule has 0 N–H and O–H groups in total. The van der Waals surface area contributed by atoms with Gasteiger partial charge in [-0.05, 0) is 80.1 Å². The monoisotopic (exact) mass is 515 g/mol. The topological polar surface area (TPSA) is 29.5 Å². The lowest BCUT2D eigenvalue weighted by atomic mass is 9.90. The van der Waals surface area contributed by atoms with E-state index in [1.807, 2.05) is 36.4 Å². The highest BCUT2D eigenvalue weighted by Gasteiger charge is 2.25. The van der Waals surface area contributed by atoms with Crippen LogP contribution in [0.3, 0.4) is 0 Å². The lowest BCUT2D eigenvalue weighted by Gasteiger charge is -2.34. The van der Waals surface area contributed by atoms with Crippen molar-refractivity contribution in [3.8, 4) is 0 Å². The average Bonchev–Trinajstić information content (AvgIpc) is 2.88. The van der Waals surface area contributed by atoms with Crippen molar-refractivity contribution in [2.75, 3.05) is 19.6 Å². The Bertz CT molecular complexity index is 878. The van der Waals surface area contributed by atoms with Gasteiger partial charge in [-0.25, -0.2) is 4.39 Å². The van der Waals surface area contributed by atoms with E-state index in [2.05, 4.69) is 11.8 Å². The number of carbonyl (C=O) groups is 1. The number of rotatable bonds is 15. The van der Waals surface area contributed by atoms with Crippen LogP contribution in [0.5, 0.6) is 0 Å². The Kier molecular flexibility index (Phi) is 12.8. The largest absolute Gasteiger partial charge is 0.456 e. The van der Waals surface area contributed by atoms with Crippen molar-refractivity contribution in [3.05, 3.63) is 70.5 Å². The fraction of sp³-hybridized carbons (Fsp3) is 0.581. The van der Waals surface area contributed by atoms with E-state index in [0.29, 0.717) is 23.9 Å². The van der Waals surface area contributed by atoms with Crippen molar-refractivity contribution in [2.45, 2.75) is 90.1 Å².